The minimum atomic E-state index is -1.07. The lowest BCUT2D eigenvalue weighted by Crippen LogP contribution is -2.39. The second-order valence-electron chi connectivity index (χ2n) is 6.16. The van der Waals surface area contributed by atoms with Gasteiger partial charge in [0, 0.05) is 42.1 Å². The molecule has 0 aliphatic carbocycles. The molecule has 1 aliphatic heterocycles. The lowest BCUT2D eigenvalue weighted by Gasteiger charge is -2.23. The maximum atomic E-state index is 12.7. The van der Waals surface area contributed by atoms with E-state index >= 15 is 0 Å². The van der Waals surface area contributed by atoms with E-state index in [-0.39, 0.29) is 23.3 Å². The Balaban J connectivity index is 2.13. The van der Waals surface area contributed by atoms with Crippen LogP contribution in [0.2, 0.25) is 0 Å². The number of carbonyl (C=O) groups excluding carboxylic acids is 2. The predicted octanol–water partition coefficient (Wildman–Crippen LogP) is 2.48. The Kier molecular flexibility index (Phi) is 5.99. The van der Waals surface area contributed by atoms with Crippen LogP contribution in [-0.2, 0) is 4.79 Å². The summed E-state index contributed by atoms with van der Waals surface area (Å²) in [5.74, 6) is -1.25. The summed E-state index contributed by atoms with van der Waals surface area (Å²) in [6.45, 7) is 5.88. The number of nitrogens with zero attached hydrogens (tertiary/aromatic N) is 2. The third kappa shape index (κ3) is 4.35. The molecule has 1 heterocycles. The number of rotatable bonds is 3. The topological polar surface area (TPSA) is 77.9 Å². The number of hydrogen-bond donors (Lipinski definition) is 1. The molecule has 0 aromatic heterocycles. The van der Waals surface area contributed by atoms with Gasteiger partial charge in [-0.25, -0.2) is 4.79 Å². The number of carboxylic acids is 1. The van der Waals surface area contributed by atoms with Crippen LogP contribution in [0.1, 0.15) is 41.0 Å². The van der Waals surface area contributed by atoms with Crippen LogP contribution >= 0.6 is 15.9 Å². The highest BCUT2D eigenvalue weighted by atomic mass is 79.9. The van der Waals surface area contributed by atoms with E-state index in [9.17, 15) is 14.4 Å². The zero-order chi connectivity index (χ0) is 17.9. The van der Waals surface area contributed by atoms with Gasteiger partial charge in [-0.3, -0.25) is 9.59 Å². The fourth-order valence-corrected chi connectivity index (χ4v) is 3.22. The second kappa shape index (κ2) is 7.79. The zero-order valence-corrected chi connectivity index (χ0v) is 15.4. The van der Waals surface area contributed by atoms with E-state index in [0.29, 0.717) is 42.6 Å². The first-order valence-corrected chi connectivity index (χ1v) is 8.71. The first-order chi connectivity index (χ1) is 11.3. The average molecular weight is 397 g/mol. The molecule has 1 aromatic carbocycles. The van der Waals surface area contributed by atoms with Gasteiger partial charge in [-0.15, -0.1) is 0 Å². The van der Waals surface area contributed by atoms with Crippen molar-refractivity contribution < 1.29 is 19.5 Å². The van der Waals surface area contributed by atoms with Crippen molar-refractivity contribution in [2.75, 3.05) is 26.2 Å². The first-order valence-electron chi connectivity index (χ1n) is 7.91. The summed E-state index contributed by atoms with van der Waals surface area (Å²) < 4.78 is 0.553. The number of carboxylic acid groups (broad SMARTS) is 1. The molecule has 1 aliphatic rings. The van der Waals surface area contributed by atoms with Crippen LogP contribution < -0.4 is 0 Å². The predicted molar refractivity (Wildman–Crippen MR) is 93.0 cm³/mol. The monoisotopic (exact) mass is 396 g/mol. The molecule has 0 saturated carbocycles. The van der Waals surface area contributed by atoms with Gasteiger partial charge in [-0.2, -0.15) is 0 Å². The fourth-order valence-electron chi connectivity index (χ4n) is 2.73. The number of benzene rings is 1. The molecule has 2 rings (SSSR count). The minimum absolute atomic E-state index is 0.0598. The number of carbonyl (C=O) groups is 3. The fraction of sp³-hybridized carbons (Fsp3) is 0.471. The maximum absolute atomic E-state index is 12.7. The van der Waals surface area contributed by atoms with Crippen LogP contribution in [0.4, 0.5) is 0 Å². The molecule has 0 atom stereocenters. The van der Waals surface area contributed by atoms with Crippen LogP contribution in [0.25, 0.3) is 0 Å². The lowest BCUT2D eigenvalue weighted by molar-refractivity contribution is -0.134. The normalized spacial score (nSPS) is 15.3. The Labute approximate surface area is 149 Å². The van der Waals surface area contributed by atoms with Crippen LogP contribution in [0.5, 0.6) is 0 Å². The van der Waals surface area contributed by atoms with Crippen molar-refractivity contribution in [2.45, 2.75) is 20.3 Å². The van der Waals surface area contributed by atoms with Crippen LogP contribution in [0.15, 0.2) is 22.7 Å². The molecule has 0 radical (unpaired) electrons. The van der Waals surface area contributed by atoms with E-state index in [1.165, 1.54) is 12.1 Å². The molecule has 24 heavy (non-hydrogen) atoms. The van der Waals surface area contributed by atoms with Crippen molar-refractivity contribution in [3.63, 3.8) is 0 Å². The zero-order valence-electron chi connectivity index (χ0n) is 13.8. The van der Waals surface area contributed by atoms with Gasteiger partial charge < -0.3 is 14.9 Å². The van der Waals surface area contributed by atoms with E-state index in [2.05, 4.69) is 15.9 Å². The van der Waals surface area contributed by atoms with Crippen LogP contribution in [0.3, 0.4) is 0 Å². The molecule has 6 nitrogen and oxygen atoms in total. The highest BCUT2D eigenvalue weighted by Crippen LogP contribution is 2.18. The first kappa shape index (κ1) is 18.4. The Morgan fingerprint density at radius 1 is 1.00 bits per heavy atom. The summed E-state index contributed by atoms with van der Waals surface area (Å²) in [5, 5.41) is 9.13. The molecule has 2 amide bonds. The van der Waals surface area contributed by atoms with Crippen molar-refractivity contribution in [1.82, 2.24) is 9.80 Å². The summed E-state index contributed by atoms with van der Waals surface area (Å²) in [6, 6.07) is 4.47. The Morgan fingerprint density at radius 3 is 2.21 bits per heavy atom. The molecule has 0 spiro atoms. The summed E-state index contributed by atoms with van der Waals surface area (Å²) in [6.07, 6.45) is 0.712. The smallest absolute Gasteiger partial charge is 0.335 e. The van der Waals surface area contributed by atoms with Crippen molar-refractivity contribution in [3.8, 4) is 0 Å². The average Bonchev–Trinajstić information content (AvgIpc) is 2.78. The lowest BCUT2D eigenvalue weighted by atomic mass is 10.1. The van der Waals surface area contributed by atoms with Crippen LogP contribution in [-0.4, -0.2) is 58.9 Å². The van der Waals surface area contributed by atoms with Crippen molar-refractivity contribution in [1.29, 1.82) is 0 Å². The van der Waals surface area contributed by atoms with Crippen molar-refractivity contribution >= 4 is 33.7 Å². The third-order valence-corrected chi connectivity index (χ3v) is 4.44. The molecule has 1 N–H and O–H groups in total. The molecule has 130 valence electrons. The molecule has 7 heteroatoms. The molecule has 1 fully saturated rings. The summed E-state index contributed by atoms with van der Waals surface area (Å²) in [5.41, 5.74) is 0.407. The van der Waals surface area contributed by atoms with Crippen molar-refractivity contribution in [2.24, 2.45) is 5.92 Å². The van der Waals surface area contributed by atoms with E-state index in [1.54, 1.807) is 15.9 Å². The molecular formula is C17H21BrN2O4. The number of aromatic carboxylic acids is 1. The quantitative estimate of drug-likeness (QED) is 0.850. The van der Waals surface area contributed by atoms with Gasteiger partial charge in [0.15, 0.2) is 0 Å². The van der Waals surface area contributed by atoms with Gasteiger partial charge in [-0.1, -0.05) is 29.8 Å². The van der Waals surface area contributed by atoms with Gasteiger partial charge in [0.2, 0.25) is 5.91 Å². The van der Waals surface area contributed by atoms with E-state index in [1.807, 2.05) is 13.8 Å². The maximum Gasteiger partial charge on any atom is 0.335 e. The largest absolute Gasteiger partial charge is 0.478 e. The summed E-state index contributed by atoms with van der Waals surface area (Å²) in [4.78, 5) is 39.4. The van der Waals surface area contributed by atoms with E-state index in [0.717, 1.165) is 0 Å². The third-order valence-electron chi connectivity index (χ3n) is 3.98. The van der Waals surface area contributed by atoms with E-state index in [4.69, 9.17) is 5.11 Å². The Hall–Kier alpha value is -1.89. The summed E-state index contributed by atoms with van der Waals surface area (Å²) in [7, 11) is 0. The highest BCUT2D eigenvalue weighted by molar-refractivity contribution is 9.10. The number of amides is 2. The van der Waals surface area contributed by atoms with Gasteiger partial charge in [0.05, 0.1) is 5.56 Å². The molecule has 0 unspecified atom stereocenters. The highest BCUT2D eigenvalue weighted by Gasteiger charge is 2.24. The second-order valence-corrected chi connectivity index (χ2v) is 7.08. The Bertz CT molecular complexity index is 660. The Morgan fingerprint density at radius 2 is 1.58 bits per heavy atom. The van der Waals surface area contributed by atoms with Crippen LogP contribution in [0, 0.1) is 5.92 Å². The van der Waals surface area contributed by atoms with Gasteiger partial charge in [-0.05, 0) is 24.6 Å². The number of hydrogen-bond acceptors (Lipinski definition) is 3. The van der Waals surface area contributed by atoms with Gasteiger partial charge >= 0.3 is 5.97 Å². The summed E-state index contributed by atoms with van der Waals surface area (Å²) >= 11 is 3.25. The number of halogens is 1. The molecule has 1 saturated heterocycles. The van der Waals surface area contributed by atoms with E-state index < -0.39 is 5.97 Å². The SMILES string of the molecule is CC(C)C(=O)N1CCCN(C(=O)c2cc(Br)cc(C(=O)O)c2)CC1. The molecule has 0 bridgehead atoms. The van der Waals surface area contributed by atoms with Gasteiger partial charge in [0.1, 0.15) is 0 Å². The standard InChI is InChI=1S/C17H21BrN2O4/c1-11(2)15(21)19-4-3-5-20(7-6-19)16(22)12-8-13(17(23)24)10-14(18)9-12/h8-11H,3-7H2,1-2H3,(H,23,24). The van der Waals surface area contributed by atoms with Crippen molar-refractivity contribution in [3.05, 3.63) is 33.8 Å². The molecule has 1 aromatic rings. The van der Waals surface area contributed by atoms with Gasteiger partial charge in [0.25, 0.3) is 5.91 Å². The molecular weight excluding hydrogens is 376 g/mol. The minimum Gasteiger partial charge on any atom is -0.478 e.